The number of rotatable bonds is 10. The first-order chi connectivity index (χ1) is 15.0. The van der Waals surface area contributed by atoms with E-state index in [1.54, 1.807) is 0 Å². The van der Waals surface area contributed by atoms with Crippen molar-refractivity contribution in [2.24, 2.45) is 0 Å². The number of carbonyl (C=O) groups is 1. The van der Waals surface area contributed by atoms with Crippen LogP contribution in [0.4, 0.5) is 0 Å². The van der Waals surface area contributed by atoms with E-state index in [0.29, 0.717) is 36.9 Å². The summed E-state index contributed by atoms with van der Waals surface area (Å²) in [6.07, 6.45) is -0.00329. The zero-order valence-corrected chi connectivity index (χ0v) is 18.7. The fraction of sp³-hybridized carbons (Fsp3) is 0.346. The lowest BCUT2D eigenvalue weighted by Gasteiger charge is -2.22. The van der Waals surface area contributed by atoms with Crippen LogP contribution >= 0.6 is 0 Å². The number of fused-ring (bicyclic) bond motifs is 1. The number of hydrogen-bond acceptors (Lipinski definition) is 4. The van der Waals surface area contributed by atoms with E-state index in [9.17, 15) is 4.79 Å². The van der Waals surface area contributed by atoms with Gasteiger partial charge in [0.2, 0.25) is 0 Å². The monoisotopic (exact) mass is 421 g/mol. The Kier molecular flexibility index (Phi) is 7.76. The zero-order valence-electron chi connectivity index (χ0n) is 18.7. The van der Waals surface area contributed by atoms with Crippen LogP contribution in [0.1, 0.15) is 45.7 Å². The Morgan fingerprint density at radius 2 is 1.58 bits per heavy atom. The number of hydrogen-bond donors (Lipinski definition) is 1. The van der Waals surface area contributed by atoms with Gasteiger partial charge in [-0.05, 0) is 67.8 Å². The summed E-state index contributed by atoms with van der Waals surface area (Å²) in [6.45, 7) is 8.88. The molecule has 0 spiro atoms. The second kappa shape index (κ2) is 10.7. The highest BCUT2D eigenvalue weighted by molar-refractivity contribution is 5.84. The van der Waals surface area contributed by atoms with Gasteiger partial charge in [0.1, 0.15) is 5.75 Å². The summed E-state index contributed by atoms with van der Waals surface area (Å²) in [4.78, 5) is 12.9. The predicted molar refractivity (Wildman–Crippen MR) is 124 cm³/mol. The van der Waals surface area contributed by atoms with Gasteiger partial charge in [-0.15, -0.1) is 0 Å². The lowest BCUT2D eigenvalue weighted by atomic mass is 10.1. The smallest absolute Gasteiger partial charge is 0.261 e. The molecule has 2 atom stereocenters. The summed E-state index contributed by atoms with van der Waals surface area (Å²) in [5.74, 6) is 1.93. The molecule has 0 unspecified atom stereocenters. The van der Waals surface area contributed by atoms with Gasteiger partial charge in [0.05, 0.1) is 19.3 Å². The molecule has 164 valence electrons. The van der Waals surface area contributed by atoms with Gasteiger partial charge in [0, 0.05) is 0 Å². The molecular weight excluding hydrogens is 390 g/mol. The lowest BCUT2D eigenvalue weighted by molar-refractivity contribution is -0.128. The third-order valence-corrected chi connectivity index (χ3v) is 5.09. The van der Waals surface area contributed by atoms with Gasteiger partial charge in [0.15, 0.2) is 17.6 Å². The van der Waals surface area contributed by atoms with Crippen molar-refractivity contribution in [1.29, 1.82) is 0 Å². The molecule has 0 radical (unpaired) electrons. The maximum Gasteiger partial charge on any atom is 0.261 e. The van der Waals surface area contributed by atoms with Gasteiger partial charge in [0.25, 0.3) is 5.91 Å². The van der Waals surface area contributed by atoms with Crippen LogP contribution in [0.3, 0.4) is 0 Å². The van der Waals surface area contributed by atoms with Crippen LogP contribution in [0.2, 0.25) is 0 Å². The number of ether oxygens (including phenoxy) is 3. The van der Waals surface area contributed by atoms with Crippen molar-refractivity contribution in [2.75, 3.05) is 13.2 Å². The third kappa shape index (κ3) is 5.69. The number of benzene rings is 3. The summed E-state index contributed by atoms with van der Waals surface area (Å²) < 4.78 is 17.4. The van der Waals surface area contributed by atoms with Crippen molar-refractivity contribution < 1.29 is 19.0 Å². The first kappa shape index (κ1) is 22.5. The molecule has 31 heavy (non-hydrogen) atoms. The zero-order chi connectivity index (χ0) is 22.2. The third-order valence-electron chi connectivity index (χ3n) is 5.09. The first-order valence-electron chi connectivity index (χ1n) is 10.9. The fourth-order valence-electron chi connectivity index (χ4n) is 3.45. The SMILES string of the molecule is CCOc1ccc([C@@H](C)NC(=O)[C@H](CC)Oc2ccc3ccccc3c2)cc1OCC. The Balaban J connectivity index is 1.69. The maximum absolute atomic E-state index is 12.9. The largest absolute Gasteiger partial charge is 0.490 e. The topological polar surface area (TPSA) is 56.8 Å². The molecule has 0 aliphatic rings. The van der Waals surface area contributed by atoms with Crippen LogP contribution in [-0.2, 0) is 4.79 Å². The van der Waals surface area contributed by atoms with Gasteiger partial charge in [-0.2, -0.15) is 0 Å². The summed E-state index contributed by atoms with van der Waals surface area (Å²) >= 11 is 0. The molecule has 0 bridgehead atoms. The predicted octanol–water partition coefficient (Wildman–Crippen LogP) is 5.67. The minimum atomic E-state index is -0.572. The highest BCUT2D eigenvalue weighted by Gasteiger charge is 2.21. The number of nitrogens with one attached hydrogen (secondary N) is 1. The molecule has 1 N–H and O–H groups in total. The molecule has 0 heterocycles. The molecule has 0 fully saturated rings. The van der Waals surface area contributed by atoms with Crippen LogP contribution in [0, 0.1) is 0 Å². The van der Waals surface area contributed by atoms with Gasteiger partial charge < -0.3 is 19.5 Å². The minimum absolute atomic E-state index is 0.144. The second-order valence-corrected chi connectivity index (χ2v) is 7.33. The molecule has 1 amide bonds. The van der Waals surface area contributed by atoms with Gasteiger partial charge in [-0.1, -0.05) is 43.3 Å². The molecule has 3 aromatic rings. The molecule has 5 heteroatoms. The average molecular weight is 422 g/mol. The maximum atomic E-state index is 12.9. The highest BCUT2D eigenvalue weighted by atomic mass is 16.5. The minimum Gasteiger partial charge on any atom is -0.490 e. The van der Waals surface area contributed by atoms with E-state index in [0.717, 1.165) is 16.3 Å². The van der Waals surface area contributed by atoms with Crippen molar-refractivity contribution in [3.05, 3.63) is 66.2 Å². The van der Waals surface area contributed by atoms with E-state index in [1.165, 1.54) is 0 Å². The number of amides is 1. The molecule has 3 aromatic carbocycles. The van der Waals surface area contributed by atoms with E-state index < -0.39 is 6.10 Å². The van der Waals surface area contributed by atoms with E-state index in [2.05, 4.69) is 11.4 Å². The van der Waals surface area contributed by atoms with E-state index >= 15 is 0 Å². The van der Waals surface area contributed by atoms with E-state index in [-0.39, 0.29) is 11.9 Å². The van der Waals surface area contributed by atoms with Crippen molar-refractivity contribution in [1.82, 2.24) is 5.32 Å². The molecule has 0 saturated carbocycles. The normalized spacial score (nSPS) is 12.8. The average Bonchev–Trinajstić information content (AvgIpc) is 2.78. The second-order valence-electron chi connectivity index (χ2n) is 7.33. The Morgan fingerprint density at radius 1 is 0.871 bits per heavy atom. The lowest BCUT2D eigenvalue weighted by Crippen LogP contribution is -2.39. The summed E-state index contributed by atoms with van der Waals surface area (Å²) in [6, 6.07) is 19.5. The van der Waals surface area contributed by atoms with E-state index in [1.807, 2.05) is 82.3 Å². The molecule has 0 aromatic heterocycles. The van der Waals surface area contributed by atoms with Crippen molar-refractivity contribution >= 4 is 16.7 Å². The quantitative estimate of drug-likeness (QED) is 0.458. The molecule has 5 nitrogen and oxygen atoms in total. The van der Waals surface area contributed by atoms with Crippen molar-refractivity contribution in [3.8, 4) is 17.2 Å². The number of carbonyl (C=O) groups excluding carboxylic acids is 1. The van der Waals surface area contributed by atoms with Crippen LogP contribution in [-0.4, -0.2) is 25.2 Å². The first-order valence-corrected chi connectivity index (χ1v) is 10.9. The van der Waals surface area contributed by atoms with Crippen LogP contribution in [0.15, 0.2) is 60.7 Å². The van der Waals surface area contributed by atoms with Gasteiger partial charge in [-0.3, -0.25) is 4.79 Å². The summed E-state index contributed by atoms with van der Waals surface area (Å²) in [5.41, 5.74) is 0.945. The summed E-state index contributed by atoms with van der Waals surface area (Å²) in [5, 5.41) is 5.29. The molecular formula is C26H31NO4. The Morgan fingerprint density at radius 3 is 2.29 bits per heavy atom. The Labute approximate surface area is 184 Å². The molecule has 3 rings (SSSR count). The molecule has 0 aliphatic carbocycles. The highest BCUT2D eigenvalue weighted by Crippen LogP contribution is 2.31. The van der Waals surface area contributed by atoms with Crippen LogP contribution in [0.25, 0.3) is 10.8 Å². The van der Waals surface area contributed by atoms with Crippen molar-refractivity contribution in [2.45, 2.75) is 46.3 Å². The fourth-order valence-corrected chi connectivity index (χ4v) is 3.45. The Bertz CT molecular complexity index is 1020. The van der Waals surface area contributed by atoms with Crippen LogP contribution in [0.5, 0.6) is 17.2 Å². The van der Waals surface area contributed by atoms with Gasteiger partial charge in [-0.25, -0.2) is 0 Å². The van der Waals surface area contributed by atoms with Crippen molar-refractivity contribution in [3.63, 3.8) is 0 Å². The van der Waals surface area contributed by atoms with E-state index in [4.69, 9.17) is 14.2 Å². The van der Waals surface area contributed by atoms with Crippen LogP contribution < -0.4 is 19.5 Å². The Hall–Kier alpha value is -3.21. The van der Waals surface area contributed by atoms with Gasteiger partial charge >= 0.3 is 0 Å². The molecule has 0 aliphatic heterocycles. The summed E-state index contributed by atoms with van der Waals surface area (Å²) in [7, 11) is 0. The standard InChI is InChI=1S/C26H31NO4/c1-5-23(31-22-14-12-19-10-8-9-11-21(19)16-22)26(28)27-18(4)20-13-15-24(29-6-2)25(17-20)30-7-3/h8-18,23H,5-7H2,1-4H3,(H,27,28)/t18-,23+/m1/s1. The molecule has 0 saturated heterocycles.